The number of aromatic nitrogens is 1. The van der Waals surface area contributed by atoms with Crippen molar-refractivity contribution in [2.45, 2.75) is 0 Å². The van der Waals surface area contributed by atoms with Gasteiger partial charge in [0.15, 0.2) is 5.69 Å². The summed E-state index contributed by atoms with van der Waals surface area (Å²) in [5.41, 5.74) is 1.98. The Balaban J connectivity index is 2.34. The van der Waals surface area contributed by atoms with Crippen molar-refractivity contribution in [2.24, 2.45) is 0 Å². The number of benzene rings is 2. The summed E-state index contributed by atoms with van der Waals surface area (Å²) in [7, 11) is 1.52. The summed E-state index contributed by atoms with van der Waals surface area (Å²) >= 11 is 0. The van der Waals surface area contributed by atoms with Crippen molar-refractivity contribution in [3.8, 4) is 28.7 Å². The fraction of sp³-hybridized carbons (Fsp3) is 0.174. The Hall–Kier alpha value is -3.54. The fourth-order valence-corrected chi connectivity index (χ4v) is 3.89. The third kappa shape index (κ3) is 4.48. The Morgan fingerprint density at radius 2 is 1.61 bits per heavy atom. The van der Waals surface area contributed by atoms with E-state index in [9.17, 15) is 13.2 Å². The maximum absolute atomic E-state index is 13.0. The number of carbonyl (C=O) groups excluding carboxylic acids is 1. The summed E-state index contributed by atoms with van der Waals surface area (Å²) in [6.45, 7) is 0. The number of nitrogens with zero attached hydrogens (tertiary/aromatic N) is 2. The van der Waals surface area contributed by atoms with E-state index in [1.54, 1.807) is 31.4 Å². The van der Waals surface area contributed by atoms with E-state index >= 15 is 0 Å². The van der Waals surface area contributed by atoms with Crippen LogP contribution in [0.3, 0.4) is 0 Å². The molecule has 160 valence electrons. The maximum Gasteiger partial charge on any atom is 0.357 e. The lowest BCUT2D eigenvalue weighted by atomic mass is 10.0. The number of rotatable bonds is 5. The predicted molar refractivity (Wildman–Crippen MR) is 118 cm³/mol. The Bertz CT molecular complexity index is 1250. The van der Waals surface area contributed by atoms with Gasteiger partial charge in [0, 0.05) is 31.4 Å². The molecular weight excluding hydrogens is 416 g/mol. The molecule has 8 heteroatoms. The van der Waals surface area contributed by atoms with Gasteiger partial charge in [-0.2, -0.15) is 12.7 Å². The van der Waals surface area contributed by atoms with Crippen LogP contribution in [0.25, 0.3) is 11.1 Å². The highest BCUT2D eigenvalue weighted by Crippen LogP contribution is 2.31. The minimum atomic E-state index is -4.01. The van der Waals surface area contributed by atoms with Gasteiger partial charge in [-0.05, 0) is 29.8 Å². The monoisotopic (exact) mass is 438 g/mol. The molecular formula is C23H22N2O5S. The predicted octanol–water partition coefficient (Wildman–Crippen LogP) is 3.00. The topological polar surface area (TPSA) is 77.8 Å². The average molecular weight is 439 g/mol. The smallest absolute Gasteiger partial charge is 0.357 e. The molecule has 7 nitrogen and oxygen atoms in total. The number of hydrogen-bond donors (Lipinski definition) is 0. The molecule has 3 rings (SSSR count). The van der Waals surface area contributed by atoms with Crippen molar-refractivity contribution in [1.29, 1.82) is 0 Å². The molecule has 0 N–H and O–H groups in total. The zero-order valence-corrected chi connectivity index (χ0v) is 18.4. The Labute approximate surface area is 182 Å². The molecule has 0 bridgehead atoms. The van der Waals surface area contributed by atoms with Gasteiger partial charge >= 0.3 is 16.2 Å². The number of methoxy groups -OCH3 is 2. The average Bonchev–Trinajstić information content (AvgIpc) is 3.18. The number of hydrogen-bond acceptors (Lipinski definition) is 5. The molecule has 0 aliphatic carbocycles. The first-order valence-electron chi connectivity index (χ1n) is 9.27. The van der Waals surface area contributed by atoms with Gasteiger partial charge in [0.1, 0.15) is 5.75 Å². The highest BCUT2D eigenvalue weighted by molar-refractivity contribution is 7.87. The zero-order valence-electron chi connectivity index (χ0n) is 17.6. The summed E-state index contributed by atoms with van der Waals surface area (Å²) in [5, 5.41) is 0. The van der Waals surface area contributed by atoms with Gasteiger partial charge < -0.3 is 9.47 Å². The van der Waals surface area contributed by atoms with Crippen LogP contribution in [0.15, 0.2) is 60.8 Å². The quantitative estimate of drug-likeness (QED) is 0.452. The lowest BCUT2D eigenvalue weighted by Crippen LogP contribution is -2.31. The molecule has 0 amide bonds. The van der Waals surface area contributed by atoms with Gasteiger partial charge in [0.25, 0.3) is 0 Å². The van der Waals surface area contributed by atoms with Crippen LogP contribution in [0.2, 0.25) is 0 Å². The Morgan fingerprint density at radius 3 is 2.16 bits per heavy atom. The molecule has 0 atom stereocenters. The van der Waals surface area contributed by atoms with E-state index in [-0.39, 0.29) is 11.3 Å². The molecule has 0 saturated carbocycles. The van der Waals surface area contributed by atoms with E-state index in [1.807, 2.05) is 30.3 Å². The highest BCUT2D eigenvalue weighted by atomic mass is 32.2. The van der Waals surface area contributed by atoms with Crippen molar-refractivity contribution in [3.05, 3.63) is 77.6 Å². The van der Waals surface area contributed by atoms with Crippen LogP contribution >= 0.6 is 0 Å². The third-order valence-electron chi connectivity index (χ3n) is 4.57. The Morgan fingerprint density at radius 1 is 0.968 bits per heavy atom. The Kier molecular flexibility index (Phi) is 6.49. The first kappa shape index (κ1) is 22.2. The fourth-order valence-electron chi connectivity index (χ4n) is 2.90. The van der Waals surface area contributed by atoms with Crippen LogP contribution < -0.4 is 4.74 Å². The number of esters is 1. The molecule has 0 unspecified atom stereocenters. The summed E-state index contributed by atoms with van der Waals surface area (Å²) in [6, 6.07) is 16.3. The van der Waals surface area contributed by atoms with Crippen LogP contribution in [0, 0.1) is 11.8 Å². The van der Waals surface area contributed by atoms with Crippen molar-refractivity contribution >= 4 is 16.2 Å². The van der Waals surface area contributed by atoms with E-state index in [2.05, 4.69) is 11.8 Å². The normalized spacial score (nSPS) is 11.0. The third-order valence-corrected chi connectivity index (χ3v) is 6.28. The number of ether oxygens (including phenoxy) is 2. The van der Waals surface area contributed by atoms with Gasteiger partial charge in [-0.25, -0.2) is 8.77 Å². The summed E-state index contributed by atoms with van der Waals surface area (Å²) in [4.78, 5) is 12.7. The molecule has 0 radical (unpaired) electrons. The van der Waals surface area contributed by atoms with Gasteiger partial charge in [0.05, 0.1) is 19.8 Å². The van der Waals surface area contributed by atoms with E-state index < -0.39 is 16.2 Å². The van der Waals surface area contributed by atoms with E-state index in [0.717, 1.165) is 13.8 Å². The standard InChI is InChI=1S/C23H22N2O5S/c1-24(2)31(27,28)25-16-21(18-11-13-19(29-3)14-12-18)20(22(25)23(26)30-4)15-10-17-8-6-5-7-9-17/h5-9,11-14,16H,1-4H3. The van der Waals surface area contributed by atoms with Gasteiger partial charge in [-0.1, -0.05) is 42.2 Å². The van der Waals surface area contributed by atoms with Crippen LogP contribution in [0.4, 0.5) is 0 Å². The first-order valence-corrected chi connectivity index (χ1v) is 10.7. The molecule has 0 aliphatic rings. The van der Waals surface area contributed by atoms with E-state index in [1.165, 1.54) is 27.4 Å². The molecule has 1 heterocycles. The minimum absolute atomic E-state index is 0.162. The molecule has 0 saturated heterocycles. The van der Waals surface area contributed by atoms with Crippen molar-refractivity contribution in [1.82, 2.24) is 8.28 Å². The lowest BCUT2D eigenvalue weighted by molar-refractivity contribution is 0.0592. The minimum Gasteiger partial charge on any atom is -0.497 e. The maximum atomic E-state index is 13.0. The van der Waals surface area contributed by atoms with Crippen LogP contribution in [0.1, 0.15) is 21.6 Å². The summed E-state index contributed by atoms with van der Waals surface area (Å²) in [6.07, 6.45) is 1.39. The summed E-state index contributed by atoms with van der Waals surface area (Å²) in [5.74, 6) is 5.83. The van der Waals surface area contributed by atoms with Crippen LogP contribution in [-0.4, -0.2) is 51.0 Å². The van der Waals surface area contributed by atoms with E-state index in [4.69, 9.17) is 9.47 Å². The second kappa shape index (κ2) is 9.08. The second-order valence-corrected chi connectivity index (χ2v) is 8.71. The molecule has 0 fully saturated rings. The SMILES string of the molecule is COC(=O)c1c(C#Cc2ccccc2)c(-c2ccc(OC)cc2)cn1S(=O)(=O)N(C)C. The lowest BCUT2D eigenvalue weighted by Gasteiger charge is -2.14. The first-order chi connectivity index (χ1) is 14.8. The molecule has 2 aromatic carbocycles. The molecule has 1 aromatic heterocycles. The van der Waals surface area contributed by atoms with Gasteiger partial charge in [0.2, 0.25) is 0 Å². The van der Waals surface area contributed by atoms with Crippen LogP contribution in [-0.2, 0) is 14.9 Å². The largest absolute Gasteiger partial charge is 0.497 e. The molecule has 0 spiro atoms. The van der Waals surface area contributed by atoms with Crippen molar-refractivity contribution < 1.29 is 22.7 Å². The van der Waals surface area contributed by atoms with Crippen LogP contribution in [0.5, 0.6) is 5.75 Å². The van der Waals surface area contributed by atoms with Crippen molar-refractivity contribution in [2.75, 3.05) is 28.3 Å². The molecule has 0 aliphatic heterocycles. The zero-order chi connectivity index (χ0) is 22.6. The van der Waals surface area contributed by atoms with E-state index in [0.29, 0.717) is 16.9 Å². The molecule has 31 heavy (non-hydrogen) atoms. The molecule has 3 aromatic rings. The highest BCUT2D eigenvalue weighted by Gasteiger charge is 2.30. The van der Waals surface area contributed by atoms with Gasteiger partial charge in [-0.3, -0.25) is 0 Å². The van der Waals surface area contributed by atoms with Gasteiger partial charge in [-0.15, -0.1) is 0 Å². The van der Waals surface area contributed by atoms with Crippen molar-refractivity contribution in [3.63, 3.8) is 0 Å². The second-order valence-electron chi connectivity index (χ2n) is 6.69. The summed E-state index contributed by atoms with van der Waals surface area (Å²) < 4.78 is 37.9. The number of carbonyl (C=O) groups is 1.